The average molecular weight is 346 g/mol. The van der Waals surface area contributed by atoms with Gasteiger partial charge in [-0.05, 0) is 32.3 Å². The van der Waals surface area contributed by atoms with Crippen LogP contribution < -0.4 is 5.73 Å². The van der Waals surface area contributed by atoms with E-state index < -0.39 is 23.7 Å². The van der Waals surface area contributed by atoms with Gasteiger partial charge >= 0.3 is 0 Å². The first-order valence-corrected chi connectivity index (χ1v) is 8.46. The van der Waals surface area contributed by atoms with Gasteiger partial charge in [-0.3, -0.25) is 9.59 Å². The van der Waals surface area contributed by atoms with E-state index in [0.29, 0.717) is 22.0 Å². The van der Waals surface area contributed by atoms with Crippen molar-refractivity contribution in [3.63, 3.8) is 0 Å². The number of benzene rings is 1. The number of likely N-dealkylation sites (tertiary alicyclic amines) is 1. The van der Waals surface area contributed by atoms with Crippen molar-refractivity contribution in [3.8, 4) is 10.4 Å². The molecule has 1 atom stereocenters. The number of amides is 2. The molecule has 0 bridgehead atoms. The molecule has 1 aromatic carbocycles. The molecule has 1 aromatic heterocycles. The van der Waals surface area contributed by atoms with Crippen LogP contribution in [0.2, 0.25) is 0 Å². The highest BCUT2D eigenvalue weighted by Crippen LogP contribution is 2.33. The lowest BCUT2D eigenvalue weighted by Gasteiger charge is -2.33. The fourth-order valence-electron chi connectivity index (χ4n) is 2.84. The second kappa shape index (κ2) is 6.68. The van der Waals surface area contributed by atoms with Crippen LogP contribution in [0, 0.1) is 19.2 Å². The minimum absolute atomic E-state index is 0.171. The molecule has 1 unspecified atom stereocenters. The number of hydrogen-bond acceptors (Lipinski definition) is 4. The van der Waals surface area contributed by atoms with Crippen molar-refractivity contribution >= 4 is 23.2 Å². The van der Waals surface area contributed by atoms with E-state index in [1.165, 1.54) is 22.3 Å². The summed E-state index contributed by atoms with van der Waals surface area (Å²) >= 11 is 1.26. The van der Waals surface area contributed by atoms with Crippen LogP contribution in [0.5, 0.6) is 0 Å². The third-order valence-corrected chi connectivity index (χ3v) is 4.94. The van der Waals surface area contributed by atoms with Gasteiger partial charge < -0.3 is 10.6 Å². The van der Waals surface area contributed by atoms with Gasteiger partial charge in [0.1, 0.15) is 17.6 Å². The van der Waals surface area contributed by atoms with Crippen LogP contribution in [0.4, 0.5) is 4.39 Å². The Balaban J connectivity index is 2.02. The van der Waals surface area contributed by atoms with Crippen molar-refractivity contribution in [2.75, 3.05) is 6.54 Å². The first-order chi connectivity index (χ1) is 11.5. The van der Waals surface area contributed by atoms with E-state index in [-0.39, 0.29) is 5.69 Å². The van der Waals surface area contributed by atoms with Gasteiger partial charge in [-0.1, -0.05) is 18.2 Å². The summed E-state index contributed by atoms with van der Waals surface area (Å²) in [4.78, 5) is 30.8. The second-order valence-electron chi connectivity index (χ2n) is 5.61. The second-order valence-corrected chi connectivity index (χ2v) is 6.82. The van der Waals surface area contributed by atoms with Crippen molar-refractivity contribution in [1.82, 2.24) is 9.88 Å². The number of aromatic nitrogens is 1. The molecule has 1 aliphatic heterocycles. The lowest BCUT2D eigenvalue weighted by Crippen LogP contribution is -2.51. The van der Waals surface area contributed by atoms with E-state index in [1.807, 2.05) is 0 Å². The number of carbonyl (C=O) groups excluding carboxylic acids is 2. The average Bonchev–Trinajstić information content (AvgIpc) is 2.96. The molecular formula is C17H17FN3O2S. The molecule has 2 heterocycles. The molecule has 3 rings (SSSR count). The van der Waals surface area contributed by atoms with E-state index in [0.717, 1.165) is 12.8 Å². The Hall–Kier alpha value is -2.28. The van der Waals surface area contributed by atoms with Gasteiger partial charge in [-0.2, -0.15) is 0 Å². The summed E-state index contributed by atoms with van der Waals surface area (Å²) in [5.41, 5.74) is 5.92. The molecule has 1 saturated heterocycles. The van der Waals surface area contributed by atoms with Gasteiger partial charge in [0.05, 0.1) is 9.88 Å². The number of aryl methyl sites for hydroxylation is 1. The highest BCUT2D eigenvalue weighted by atomic mass is 32.1. The number of nitrogens with two attached hydrogens (primary N) is 1. The molecule has 125 valence electrons. The Morgan fingerprint density at radius 2 is 2.12 bits per heavy atom. The molecule has 7 heteroatoms. The van der Waals surface area contributed by atoms with Gasteiger partial charge in [0.15, 0.2) is 0 Å². The first-order valence-electron chi connectivity index (χ1n) is 7.65. The van der Waals surface area contributed by atoms with Crippen LogP contribution in [0.1, 0.15) is 28.3 Å². The number of hydrogen-bond donors (Lipinski definition) is 1. The number of thiazole rings is 1. The zero-order chi connectivity index (χ0) is 17.3. The molecule has 2 N–H and O–H groups in total. The number of carbonyl (C=O) groups is 2. The molecular weight excluding hydrogens is 329 g/mol. The van der Waals surface area contributed by atoms with E-state index in [1.54, 1.807) is 31.5 Å². The maximum absolute atomic E-state index is 14.1. The molecule has 24 heavy (non-hydrogen) atoms. The Morgan fingerprint density at radius 3 is 2.83 bits per heavy atom. The summed E-state index contributed by atoms with van der Waals surface area (Å²) in [5.74, 6) is -1.37. The van der Waals surface area contributed by atoms with Gasteiger partial charge in [0.25, 0.3) is 5.91 Å². The van der Waals surface area contributed by atoms with Gasteiger partial charge in [0, 0.05) is 12.1 Å². The van der Waals surface area contributed by atoms with Crippen LogP contribution >= 0.6 is 11.3 Å². The zero-order valence-electron chi connectivity index (χ0n) is 13.2. The Morgan fingerprint density at radius 1 is 1.38 bits per heavy atom. The third kappa shape index (κ3) is 3.03. The van der Waals surface area contributed by atoms with Crippen LogP contribution in [0.25, 0.3) is 10.4 Å². The minimum atomic E-state index is -0.748. The van der Waals surface area contributed by atoms with Crippen molar-refractivity contribution in [2.45, 2.75) is 25.8 Å². The molecule has 0 saturated carbocycles. The van der Waals surface area contributed by atoms with Crippen molar-refractivity contribution < 1.29 is 14.0 Å². The van der Waals surface area contributed by atoms with Gasteiger partial charge in [-0.25, -0.2) is 9.37 Å². The molecule has 0 aliphatic carbocycles. The molecule has 1 aliphatic rings. The monoisotopic (exact) mass is 346 g/mol. The highest BCUT2D eigenvalue weighted by molar-refractivity contribution is 7.15. The fourth-order valence-corrected chi connectivity index (χ4v) is 3.77. The Bertz CT molecular complexity index is 790. The molecule has 2 amide bonds. The number of halogens is 1. The lowest BCUT2D eigenvalue weighted by atomic mass is 10.0. The highest BCUT2D eigenvalue weighted by Gasteiger charge is 2.34. The summed E-state index contributed by atoms with van der Waals surface area (Å²) in [5, 5.41) is 0.660. The molecule has 5 nitrogen and oxygen atoms in total. The number of piperidine rings is 1. The summed E-state index contributed by atoms with van der Waals surface area (Å²) < 4.78 is 14.1. The number of nitrogens with zero attached hydrogens (tertiary/aromatic N) is 2. The van der Waals surface area contributed by atoms with E-state index in [2.05, 4.69) is 4.98 Å². The molecule has 0 spiro atoms. The molecule has 2 aromatic rings. The normalized spacial score (nSPS) is 17.8. The lowest BCUT2D eigenvalue weighted by molar-refractivity contribution is -0.121. The Kier molecular flexibility index (Phi) is 4.62. The van der Waals surface area contributed by atoms with Crippen molar-refractivity contribution in [3.05, 3.63) is 47.2 Å². The van der Waals surface area contributed by atoms with Crippen LogP contribution in [0.15, 0.2) is 24.3 Å². The van der Waals surface area contributed by atoms with Crippen molar-refractivity contribution in [2.24, 2.45) is 5.73 Å². The van der Waals surface area contributed by atoms with Crippen LogP contribution in [-0.2, 0) is 4.79 Å². The summed E-state index contributed by atoms with van der Waals surface area (Å²) in [6.45, 7) is 2.19. The summed E-state index contributed by atoms with van der Waals surface area (Å²) in [6, 6.07) is 5.52. The van der Waals surface area contributed by atoms with Crippen LogP contribution in [-0.4, -0.2) is 34.3 Å². The smallest absolute Gasteiger partial charge is 0.274 e. The van der Waals surface area contributed by atoms with E-state index in [4.69, 9.17) is 5.73 Å². The molecule has 1 fully saturated rings. The predicted octanol–water partition coefficient (Wildman–Crippen LogP) is 2.55. The summed E-state index contributed by atoms with van der Waals surface area (Å²) in [7, 11) is 0. The van der Waals surface area contributed by atoms with Gasteiger partial charge in [-0.15, -0.1) is 11.3 Å². The van der Waals surface area contributed by atoms with Crippen molar-refractivity contribution in [1.29, 1.82) is 0 Å². The zero-order valence-corrected chi connectivity index (χ0v) is 14.0. The SMILES string of the molecule is Cc1nc(C(=O)N2CCC[CH]C2C(N)=O)c(-c2ccccc2F)s1. The quantitative estimate of drug-likeness (QED) is 0.928. The fraction of sp³-hybridized carbons (Fsp3) is 0.294. The summed E-state index contributed by atoms with van der Waals surface area (Å²) in [6.07, 6.45) is 3.23. The maximum Gasteiger partial charge on any atom is 0.274 e. The topological polar surface area (TPSA) is 76.3 Å². The van der Waals surface area contributed by atoms with Gasteiger partial charge in [0.2, 0.25) is 5.91 Å². The third-order valence-electron chi connectivity index (χ3n) is 3.94. The minimum Gasteiger partial charge on any atom is -0.368 e. The number of rotatable bonds is 3. The Labute approximate surface area is 143 Å². The predicted molar refractivity (Wildman–Crippen MR) is 89.8 cm³/mol. The van der Waals surface area contributed by atoms with E-state index >= 15 is 0 Å². The maximum atomic E-state index is 14.1. The standard InChI is InChI=1S/C17H17FN3O2S/c1-10-20-14(15(24-10)11-6-2-3-7-12(11)18)17(23)21-9-5-4-8-13(21)16(19)22/h2-3,6-8,13H,4-5,9H2,1H3,(H2,19,22). The largest absolute Gasteiger partial charge is 0.368 e. The van der Waals surface area contributed by atoms with Crippen LogP contribution in [0.3, 0.4) is 0 Å². The first kappa shape index (κ1) is 16.6. The molecule has 1 radical (unpaired) electrons. The number of primary amides is 1. The van der Waals surface area contributed by atoms with E-state index in [9.17, 15) is 14.0 Å².